The maximum absolute atomic E-state index is 2.33. The first-order chi connectivity index (χ1) is 7.36. The molecule has 0 aliphatic rings. The van der Waals surface area contributed by atoms with Crippen LogP contribution in [-0.2, 0) is 12.3 Å². The summed E-state index contributed by atoms with van der Waals surface area (Å²) in [6.45, 7) is 5.46. The molecule has 1 nitrogen and oxygen atoms in total. The van der Waals surface area contributed by atoms with E-state index >= 15 is 0 Å². The van der Waals surface area contributed by atoms with Crippen LogP contribution in [0.4, 0.5) is 0 Å². The fraction of sp³-hybridized carbons (Fsp3) is 0.385. The van der Waals surface area contributed by atoms with Gasteiger partial charge in [-0.05, 0) is 24.3 Å². The number of hydrogen-bond donors (Lipinski definition) is 0. The molecule has 0 fully saturated rings. The summed E-state index contributed by atoms with van der Waals surface area (Å²) in [6.07, 6.45) is 2.30. The van der Waals surface area contributed by atoms with Crippen LogP contribution in [0.3, 0.4) is 0 Å². The van der Waals surface area contributed by atoms with Crippen LogP contribution in [0.25, 0.3) is 10.9 Å². The van der Waals surface area contributed by atoms with E-state index in [9.17, 15) is 0 Å². The quantitative estimate of drug-likeness (QED) is 0.754. The Kier molecular flexibility index (Phi) is 3.37. The fourth-order valence-electron chi connectivity index (χ4n) is 1.91. The molecular weight excluding hydrogens is 202 g/mol. The second kappa shape index (κ2) is 4.75. The molecular formula is C13H17NS. The van der Waals surface area contributed by atoms with Crippen molar-refractivity contribution < 1.29 is 0 Å². The summed E-state index contributed by atoms with van der Waals surface area (Å²) in [7, 11) is 0. The molecule has 1 aromatic heterocycles. The summed E-state index contributed by atoms with van der Waals surface area (Å²) in [5.74, 6) is 2.32. The summed E-state index contributed by atoms with van der Waals surface area (Å²) in [5.41, 5.74) is 2.84. The summed E-state index contributed by atoms with van der Waals surface area (Å²) >= 11 is 1.99. The standard InChI is InChI=1S/C13H17NS/c1-3-14-9-11(10-15-4-2)12-7-5-6-8-13(12)14/h5-9H,3-4,10H2,1-2H3. The van der Waals surface area contributed by atoms with Crippen LogP contribution in [-0.4, -0.2) is 10.3 Å². The third kappa shape index (κ3) is 2.05. The van der Waals surface area contributed by atoms with Gasteiger partial charge >= 0.3 is 0 Å². The lowest BCUT2D eigenvalue weighted by Gasteiger charge is -1.98. The molecule has 15 heavy (non-hydrogen) atoms. The van der Waals surface area contributed by atoms with Crippen molar-refractivity contribution in [3.05, 3.63) is 36.0 Å². The van der Waals surface area contributed by atoms with Gasteiger partial charge in [0.25, 0.3) is 0 Å². The molecule has 0 N–H and O–H groups in total. The zero-order valence-corrected chi connectivity index (χ0v) is 10.2. The minimum Gasteiger partial charge on any atom is -0.347 e. The van der Waals surface area contributed by atoms with Crippen LogP contribution in [0.5, 0.6) is 0 Å². The van der Waals surface area contributed by atoms with Crippen molar-refractivity contribution >= 4 is 22.7 Å². The molecule has 2 rings (SSSR count). The average molecular weight is 219 g/mol. The van der Waals surface area contributed by atoms with Crippen molar-refractivity contribution in [3.8, 4) is 0 Å². The molecule has 0 unspecified atom stereocenters. The highest BCUT2D eigenvalue weighted by molar-refractivity contribution is 7.98. The summed E-state index contributed by atoms with van der Waals surface area (Å²) in [6, 6.07) is 8.68. The molecule has 0 saturated carbocycles. The summed E-state index contributed by atoms with van der Waals surface area (Å²) in [4.78, 5) is 0. The number of fused-ring (bicyclic) bond motifs is 1. The third-order valence-electron chi connectivity index (χ3n) is 2.67. The van der Waals surface area contributed by atoms with E-state index < -0.39 is 0 Å². The Morgan fingerprint density at radius 1 is 1.20 bits per heavy atom. The Hall–Kier alpha value is -0.890. The van der Waals surface area contributed by atoms with Crippen molar-refractivity contribution in [1.29, 1.82) is 0 Å². The lowest BCUT2D eigenvalue weighted by Crippen LogP contribution is -1.89. The van der Waals surface area contributed by atoms with Gasteiger partial charge in [0.2, 0.25) is 0 Å². The third-order valence-corrected chi connectivity index (χ3v) is 3.60. The predicted octanol–water partition coefficient (Wildman–Crippen LogP) is 3.91. The van der Waals surface area contributed by atoms with Crippen LogP contribution in [0.1, 0.15) is 19.4 Å². The molecule has 0 aliphatic carbocycles. The Balaban J connectivity index is 2.45. The van der Waals surface area contributed by atoms with Crippen LogP contribution >= 0.6 is 11.8 Å². The molecule has 0 aliphatic heterocycles. The van der Waals surface area contributed by atoms with Gasteiger partial charge in [0.1, 0.15) is 0 Å². The van der Waals surface area contributed by atoms with Crippen LogP contribution in [0.2, 0.25) is 0 Å². The lowest BCUT2D eigenvalue weighted by molar-refractivity contribution is 0.795. The maximum atomic E-state index is 2.33. The number of benzene rings is 1. The van der Waals surface area contributed by atoms with Gasteiger partial charge < -0.3 is 4.57 Å². The number of hydrogen-bond acceptors (Lipinski definition) is 1. The van der Waals surface area contributed by atoms with Crippen molar-refractivity contribution in [2.75, 3.05) is 5.75 Å². The molecule has 0 spiro atoms. The molecule has 0 radical (unpaired) electrons. The number of aryl methyl sites for hydroxylation is 1. The second-order valence-corrected chi connectivity index (χ2v) is 4.87. The number of para-hydroxylation sites is 1. The highest BCUT2D eigenvalue weighted by atomic mass is 32.2. The van der Waals surface area contributed by atoms with Gasteiger partial charge in [-0.1, -0.05) is 25.1 Å². The maximum Gasteiger partial charge on any atom is 0.0483 e. The lowest BCUT2D eigenvalue weighted by atomic mass is 10.2. The number of aromatic nitrogens is 1. The largest absolute Gasteiger partial charge is 0.347 e. The minimum atomic E-state index is 1.05. The Labute approximate surface area is 95.5 Å². The Bertz CT molecular complexity index is 445. The first-order valence-electron chi connectivity index (χ1n) is 5.51. The van der Waals surface area contributed by atoms with Gasteiger partial charge in [0.15, 0.2) is 0 Å². The van der Waals surface area contributed by atoms with E-state index in [1.54, 1.807) is 0 Å². The van der Waals surface area contributed by atoms with E-state index in [4.69, 9.17) is 0 Å². The fourth-order valence-corrected chi connectivity index (χ4v) is 2.57. The van der Waals surface area contributed by atoms with E-state index in [-0.39, 0.29) is 0 Å². The molecule has 0 amide bonds. The topological polar surface area (TPSA) is 4.93 Å². The summed E-state index contributed by atoms with van der Waals surface area (Å²) < 4.78 is 2.33. The van der Waals surface area contributed by atoms with Crippen molar-refractivity contribution in [1.82, 2.24) is 4.57 Å². The Morgan fingerprint density at radius 3 is 2.73 bits per heavy atom. The predicted molar refractivity (Wildman–Crippen MR) is 69.4 cm³/mol. The van der Waals surface area contributed by atoms with Crippen molar-refractivity contribution in [2.45, 2.75) is 26.1 Å². The smallest absolute Gasteiger partial charge is 0.0483 e. The molecule has 80 valence electrons. The van der Waals surface area contributed by atoms with Gasteiger partial charge in [-0.15, -0.1) is 0 Å². The van der Waals surface area contributed by atoms with E-state index in [2.05, 4.69) is 48.9 Å². The normalized spacial score (nSPS) is 11.1. The minimum absolute atomic E-state index is 1.05. The molecule has 0 saturated heterocycles. The zero-order chi connectivity index (χ0) is 10.7. The average Bonchev–Trinajstić information content (AvgIpc) is 2.65. The Morgan fingerprint density at radius 2 is 2.00 bits per heavy atom. The number of rotatable bonds is 4. The van der Waals surface area contributed by atoms with Gasteiger partial charge in [-0.2, -0.15) is 11.8 Å². The molecule has 1 heterocycles. The molecule has 1 aromatic carbocycles. The summed E-state index contributed by atoms with van der Waals surface area (Å²) in [5, 5.41) is 1.42. The first kappa shape index (κ1) is 10.6. The molecule has 0 atom stereocenters. The second-order valence-electron chi connectivity index (χ2n) is 3.59. The first-order valence-corrected chi connectivity index (χ1v) is 6.66. The van der Waals surface area contributed by atoms with Crippen molar-refractivity contribution in [2.24, 2.45) is 0 Å². The SMILES string of the molecule is CCSCc1cn(CC)c2ccccc12. The van der Waals surface area contributed by atoms with E-state index in [0.29, 0.717) is 0 Å². The molecule has 2 heteroatoms. The van der Waals surface area contributed by atoms with Gasteiger partial charge in [0, 0.05) is 29.4 Å². The highest BCUT2D eigenvalue weighted by Crippen LogP contribution is 2.24. The van der Waals surface area contributed by atoms with Crippen LogP contribution in [0, 0.1) is 0 Å². The van der Waals surface area contributed by atoms with E-state index in [0.717, 1.165) is 12.3 Å². The monoisotopic (exact) mass is 219 g/mol. The molecule has 2 aromatic rings. The van der Waals surface area contributed by atoms with E-state index in [1.165, 1.54) is 22.2 Å². The van der Waals surface area contributed by atoms with Gasteiger partial charge in [-0.3, -0.25) is 0 Å². The van der Waals surface area contributed by atoms with Gasteiger partial charge in [0.05, 0.1) is 0 Å². The van der Waals surface area contributed by atoms with Crippen molar-refractivity contribution in [3.63, 3.8) is 0 Å². The number of thioether (sulfide) groups is 1. The van der Waals surface area contributed by atoms with Gasteiger partial charge in [-0.25, -0.2) is 0 Å². The number of nitrogens with zero attached hydrogens (tertiary/aromatic N) is 1. The highest BCUT2D eigenvalue weighted by Gasteiger charge is 2.05. The van der Waals surface area contributed by atoms with Crippen LogP contribution < -0.4 is 0 Å². The van der Waals surface area contributed by atoms with Crippen LogP contribution in [0.15, 0.2) is 30.5 Å². The zero-order valence-electron chi connectivity index (χ0n) is 9.36. The molecule has 0 bridgehead atoms. The van der Waals surface area contributed by atoms with E-state index in [1.807, 2.05) is 11.8 Å².